The molecule has 170 valence electrons. The zero-order valence-corrected chi connectivity index (χ0v) is 21.1. The van der Waals surface area contributed by atoms with Crippen LogP contribution in [0, 0.1) is 5.92 Å². The molecular formula is C22H38IN5O2. The van der Waals surface area contributed by atoms with Crippen molar-refractivity contribution in [1.82, 2.24) is 20.9 Å². The summed E-state index contributed by atoms with van der Waals surface area (Å²) < 4.78 is 5.31. The fourth-order valence-electron chi connectivity index (χ4n) is 3.50. The molecule has 0 radical (unpaired) electrons. The van der Waals surface area contributed by atoms with E-state index in [4.69, 9.17) is 4.74 Å². The summed E-state index contributed by atoms with van der Waals surface area (Å²) in [5.74, 6) is 1.70. The average Bonchev–Trinajstić information content (AvgIpc) is 2.76. The molecule has 1 aromatic rings. The molecule has 0 aliphatic carbocycles. The summed E-state index contributed by atoms with van der Waals surface area (Å²) >= 11 is 0. The van der Waals surface area contributed by atoms with Gasteiger partial charge in [-0.3, -0.25) is 14.7 Å². The Hall–Kier alpha value is -1.55. The zero-order chi connectivity index (χ0) is 21.1. The summed E-state index contributed by atoms with van der Waals surface area (Å²) in [7, 11) is 3.46. The van der Waals surface area contributed by atoms with Gasteiger partial charge >= 0.3 is 0 Å². The molecule has 1 aromatic carbocycles. The largest absolute Gasteiger partial charge is 0.497 e. The predicted molar refractivity (Wildman–Crippen MR) is 134 cm³/mol. The molecule has 0 spiro atoms. The highest BCUT2D eigenvalue weighted by Crippen LogP contribution is 2.25. The minimum absolute atomic E-state index is 0. The van der Waals surface area contributed by atoms with Crippen LogP contribution in [-0.2, 0) is 4.79 Å². The minimum Gasteiger partial charge on any atom is -0.497 e. The third-order valence-electron chi connectivity index (χ3n) is 5.26. The van der Waals surface area contributed by atoms with Gasteiger partial charge in [-0.05, 0) is 43.6 Å². The molecule has 3 N–H and O–H groups in total. The van der Waals surface area contributed by atoms with E-state index in [-0.39, 0.29) is 41.8 Å². The third-order valence-corrected chi connectivity index (χ3v) is 5.26. The van der Waals surface area contributed by atoms with E-state index in [0.717, 1.165) is 31.3 Å². The van der Waals surface area contributed by atoms with Crippen LogP contribution in [0.5, 0.6) is 5.75 Å². The van der Waals surface area contributed by atoms with Crippen molar-refractivity contribution in [2.45, 2.75) is 39.2 Å². The van der Waals surface area contributed by atoms with Crippen LogP contribution in [-0.4, -0.2) is 63.6 Å². The highest BCUT2D eigenvalue weighted by Gasteiger charge is 2.22. The number of benzene rings is 1. The van der Waals surface area contributed by atoms with Crippen LogP contribution in [0.25, 0.3) is 0 Å². The number of halogens is 1. The summed E-state index contributed by atoms with van der Waals surface area (Å²) in [6, 6.07) is 8.63. The number of rotatable bonds is 9. The summed E-state index contributed by atoms with van der Waals surface area (Å²) in [5.41, 5.74) is 1.28. The molecule has 0 saturated carbocycles. The monoisotopic (exact) mass is 531 g/mol. The van der Waals surface area contributed by atoms with E-state index < -0.39 is 0 Å². The summed E-state index contributed by atoms with van der Waals surface area (Å²) in [6.07, 6.45) is 3.80. The van der Waals surface area contributed by atoms with E-state index >= 15 is 0 Å². The SMILES string of the molecule is CN=C(NCCNC(=O)C(C)C)NCC(c1ccc(OC)cc1)N1CCCCC1.I. The number of hydrogen-bond acceptors (Lipinski definition) is 4. The Morgan fingerprint density at radius 1 is 1.07 bits per heavy atom. The Balaban J connectivity index is 0.00000450. The number of hydrogen-bond donors (Lipinski definition) is 3. The molecule has 2 rings (SSSR count). The van der Waals surface area contributed by atoms with Crippen LogP contribution in [0.3, 0.4) is 0 Å². The maximum Gasteiger partial charge on any atom is 0.222 e. The van der Waals surface area contributed by atoms with Crippen molar-refractivity contribution < 1.29 is 9.53 Å². The predicted octanol–water partition coefficient (Wildman–Crippen LogP) is 2.78. The van der Waals surface area contributed by atoms with E-state index in [2.05, 4.69) is 38.0 Å². The Bertz CT molecular complexity index is 645. The smallest absolute Gasteiger partial charge is 0.222 e. The Kier molecular flexibility index (Phi) is 12.8. The molecule has 1 aliphatic heterocycles. The van der Waals surface area contributed by atoms with Crippen molar-refractivity contribution in [2.24, 2.45) is 10.9 Å². The van der Waals surface area contributed by atoms with Gasteiger partial charge in [0.2, 0.25) is 5.91 Å². The van der Waals surface area contributed by atoms with Crippen molar-refractivity contribution in [1.29, 1.82) is 0 Å². The maximum absolute atomic E-state index is 11.7. The molecule has 1 unspecified atom stereocenters. The number of nitrogens with zero attached hydrogens (tertiary/aromatic N) is 2. The van der Waals surface area contributed by atoms with Gasteiger partial charge in [0.1, 0.15) is 5.75 Å². The van der Waals surface area contributed by atoms with Gasteiger partial charge in [0.15, 0.2) is 5.96 Å². The number of piperidine rings is 1. The van der Waals surface area contributed by atoms with Gasteiger partial charge in [0.25, 0.3) is 0 Å². The lowest BCUT2D eigenvalue weighted by atomic mass is 10.0. The molecule has 0 bridgehead atoms. The molecule has 1 fully saturated rings. The van der Waals surface area contributed by atoms with Crippen LogP contribution in [0.4, 0.5) is 0 Å². The molecule has 1 saturated heterocycles. The fourth-order valence-corrected chi connectivity index (χ4v) is 3.50. The molecule has 8 heteroatoms. The first-order valence-electron chi connectivity index (χ1n) is 10.7. The first kappa shape index (κ1) is 26.5. The van der Waals surface area contributed by atoms with Gasteiger partial charge in [-0.2, -0.15) is 0 Å². The fraction of sp³-hybridized carbons (Fsp3) is 0.636. The summed E-state index contributed by atoms with van der Waals surface area (Å²) in [5, 5.41) is 9.65. The molecule has 1 atom stereocenters. The minimum atomic E-state index is 0. The van der Waals surface area contributed by atoms with Crippen molar-refractivity contribution >= 4 is 35.8 Å². The molecule has 1 aliphatic rings. The Labute approximate surface area is 198 Å². The van der Waals surface area contributed by atoms with Gasteiger partial charge in [-0.1, -0.05) is 32.4 Å². The molecule has 30 heavy (non-hydrogen) atoms. The van der Waals surface area contributed by atoms with E-state index in [0.29, 0.717) is 13.1 Å². The van der Waals surface area contributed by atoms with Crippen molar-refractivity contribution in [3.05, 3.63) is 29.8 Å². The van der Waals surface area contributed by atoms with Gasteiger partial charge in [-0.15, -0.1) is 24.0 Å². The van der Waals surface area contributed by atoms with Gasteiger partial charge in [0, 0.05) is 32.6 Å². The topological polar surface area (TPSA) is 78.0 Å². The molecular weight excluding hydrogens is 493 g/mol. The standard InChI is InChI=1S/C22H37N5O2.HI/c1-17(2)21(28)24-12-13-25-22(23-3)26-16-20(27-14-6-5-7-15-27)18-8-10-19(29-4)11-9-18;/h8-11,17,20H,5-7,12-16H2,1-4H3,(H,24,28)(H2,23,25,26);1H. The Morgan fingerprint density at radius 2 is 1.70 bits per heavy atom. The second-order valence-corrected chi connectivity index (χ2v) is 7.71. The third kappa shape index (κ3) is 8.67. The number of ether oxygens (including phenoxy) is 1. The van der Waals surface area contributed by atoms with Crippen LogP contribution >= 0.6 is 24.0 Å². The second kappa shape index (κ2) is 14.5. The van der Waals surface area contributed by atoms with E-state index in [9.17, 15) is 4.79 Å². The Morgan fingerprint density at radius 3 is 2.27 bits per heavy atom. The number of nitrogens with one attached hydrogen (secondary N) is 3. The van der Waals surface area contributed by atoms with Crippen LogP contribution in [0.1, 0.15) is 44.7 Å². The molecule has 0 aromatic heterocycles. The van der Waals surface area contributed by atoms with Gasteiger partial charge in [-0.25, -0.2) is 0 Å². The number of guanidine groups is 1. The van der Waals surface area contributed by atoms with Crippen molar-refractivity contribution in [3.8, 4) is 5.75 Å². The van der Waals surface area contributed by atoms with Crippen molar-refractivity contribution in [2.75, 3.05) is 46.9 Å². The van der Waals surface area contributed by atoms with E-state index in [1.165, 1.54) is 24.8 Å². The van der Waals surface area contributed by atoms with Crippen LogP contribution in [0.2, 0.25) is 0 Å². The highest BCUT2D eigenvalue weighted by atomic mass is 127. The average molecular weight is 531 g/mol. The highest BCUT2D eigenvalue weighted by molar-refractivity contribution is 14.0. The number of methoxy groups -OCH3 is 1. The number of carbonyl (C=O) groups excluding carboxylic acids is 1. The number of aliphatic imine (C=N–C) groups is 1. The quantitative estimate of drug-likeness (QED) is 0.198. The number of amides is 1. The summed E-state index contributed by atoms with van der Waals surface area (Å²) in [4.78, 5) is 18.5. The first-order chi connectivity index (χ1) is 14.0. The lowest BCUT2D eigenvalue weighted by molar-refractivity contribution is -0.123. The normalized spacial score (nSPS) is 15.8. The van der Waals surface area contributed by atoms with E-state index in [1.54, 1.807) is 14.2 Å². The van der Waals surface area contributed by atoms with Gasteiger partial charge < -0.3 is 20.7 Å². The number of carbonyl (C=O) groups is 1. The first-order valence-corrected chi connectivity index (χ1v) is 10.7. The number of likely N-dealkylation sites (tertiary alicyclic amines) is 1. The van der Waals surface area contributed by atoms with Crippen LogP contribution < -0.4 is 20.7 Å². The molecule has 1 heterocycles. The maximum atomic E-state index is 11.7. The second-order valence-electron chi connectivity index (χ2n) is 7.71. The summed E-state index contributed by atoms with van der Waals surface area (Å²) in [6.45, 7) is 7.99. The van der Waals surface area contributed by atoms with E-state index in [1.807, 2.05) is 26.0 Å². The van der Waals surface area contributed by atoms with Crippen molar-refractivity contribution in [3.63, 3.8) is 0 Å². The lowest BCUT2D eigenvalue weighted by Gasteiger charge is -2.35. The molecule has 1 amide bonds. The zero-order valence-electron chi connectivity index (χ0n) is 18.7. The lowest BCUT2D eigenvalue weighted by Crippen LogP contribution is -2.46. The van der Waals surface area contributed by atoms with Gasteiger partial charge in [0.05, 0.1) is 13.2 Å². The van der Waals surface area contributed by atoms with Crippen LogP contribution in [0.15, 0.2) is 29.3 Å². The molecule has 7 nitrogen and oxygen atoms in total.